The van der Waals surface area contributed by atoms with E-state index in [1.807, 2.05) is 12.1 Å². The van der Waals surface area contributed by atoms with E-state index in [2.05, 4.69) is 29.5 Å². The number of aliphatic imine (C=N–C) groups is 1. The molecule has 0 fully saturated rings. The molecule has 0 aliphatic heterocycles. The van der Waals surface area contributed by atoms with Gasteiger partial charge in [-0.25, -0.2) is 0 Å². The summed E-state index contributed by atoms with van der Waals surface area (Å²) in [5.41, 5.74) is 0. The Morgan fingerprint density at radius 3 is 3.00 bits per heavy atom. The maximum absolute atomic E-state index is 5.31. The highest BCUT2D eigenvalue weighted by Gasteiger charge is 2.03. The summed E-state index contributed by atoms with van der Waals surface area (Å²) >= 11 is 0. The first-order chi connectivity index (χ1) is 9.76. The Hall–Kier alpha value is -1.49. The number of guanidine groups is 1. The van der Waals surface area contributed by atoms with Crippen LogP contribution in [0.25, 0.3) is 0 Å². The van der Waals surface area contributed by atoms with Gasteiger partial charge in [0, 0.05) is 39.3 Å². The fraction of sp³-hybridized carbons (Fsp3) is 0.667. The van der Waals surface area contributed by atoms with Crippen LogP contribution < -0.4 is 10.6 Å². The van der Waals surface area contributed by atoms with Crippen LogP contribution >= 0.6 is 0 Å². The zero-order chi connectivity index (χ0) is 14.6. The summed E-state index contributed by atoms with van der Waals surface area (Å²) in [6.07, 6.45) is 4.55. The van der Waals surface area contributed by atoms with Crippen LogP contribution in [-0.2, 0) is 11.2 Å². The van der Waals surface area contributed by atoms with E-state index in [0.29, 0.717) is 6.04 Å². The van der Waals surface area contributed by atoms with Gasteiger partial charge in [-0.1, -0.05) is 6.92 Å². The van der Waals surface area contributed by atoms with E-state index in [-0.39, 0.29) is 0 Å². The molecule has 0 bridgehead atoms. The van der Waals surface area contributed by atoms with E-state index in [1.165, 1.54) is 0 Å². The van der Waals surface area contributed by atoms with E-state index in [4.69, 9.17) is 9.15 Å². The normalized spacial score (nSPS) is 13.2. The van der Waals surface area contributed by atoms with E-state index in [1.54, 1.807) is 13.4 Å². The smallest absolute Gasteiger partial charge is 0.191 e. The van der Waals surface area contributed by atoms with Gasteiger partial charge in [-0.05, 0) is 31.9 Å². The number of furan rings is 1. The molecule has 5 heteroatoms. The average molecular weight is 281 g/mol. The number of nitrogens with one attached hydrogen (secondary N) is 2. The van der Waals surface area contributed by atoms with Crippen LogP contribution in [0.4, 0.5) is 0 Å². The zero-order valence-electron chi connectivity index (χ0n) is 12.8. The van der Waals surface area contributed by atoms with Gasteiger partial charge in [-0.2, -0.15) is 0 Å². The third-order valence-electron chi connectivity index (χ3n) is 3.02. The molecule has 0 aliphatic rings. The SMILES string of the molecule is CCC(C)NC(=NCCCOC)NCCc1ccco1. The van der Waals surface area contributed by atoms with Crippen molar-refractivity contribution in [2.75, 3.05) is 26.8 Å². The van der Waals surface area contributed by atoms with Crippen molar-refractivity contribution in [2.24, 2.45) is 4.99 Å². The van der Waals surface area contributed by atoms with Crippen LogP contribution in [-0.4, -0.2) is 38.8 Å². The molecule has 1 unspecified atom stereocenters. The van der Waals surface area contributed by atoms with Crippen molar-refractivity contribution >= 4 is 5.96 Å². The van der Waals surface area contributed by atoms with Crippen molar-refractivity contribution in [1.82, 2.24) is 10.6 Å². The highest BCUT2D eigenvalue weighted by atomic mass is 16.5. The van der Waals surface area contributed by atoms with Crippen molar-refractivity contribution in [2.45, 2.75) is 39.2 Å². The molecule has 0 radical (unpaired) electrons. The van der Waals surface area contributed by atoms with E-state index in [0.717, 1.165) is 50.7 Å². The summed E-state index contributed by atoms with van der Waals surface area (Å²) in [4.78, 5) is 4.55. The lowest BCUT2D eigenvalue weighted by molar-refractivity contribution is 0.197. The summed E-state index contributed by atoms with van der Waals surface area (Å²) in [5.74, 6) is 1.85. The largest absolute Gasteiger partial charge is 0.469 e. The minimum Gasteiger partial charge on any atom is -0.469 e. The Labute approximate surface area is 121 Å². The monoisotopic (exact) mass is 281 g/mol. The summed E-state index contributed by atoms with van der Waals surface area (Å²) < 4.78 is 10.3. The van der Waals surface area contributed by atoms with Gasteiger partial charge < -0.3 is 19.8 Å². The Morgan fingerprint density at radius 2 is 2.35 bits per heavy atom. The van der Waals surface area contributed by atoms with Crippen LogP contribution in [0, 0.1) is 0 Å². The summed E-state index contributed by atoms with van der Waals surface area (Å²) in [6, 6.07) is 4.30. The standard InChI is InChI=1S/C15H27N3O2/c1-4-13(2)18-15(16-9-6-11-19-3)17-10-8-14-7-5-12-20-14/h5,7,12-13H,4,6,8-11H2,1-3H3,(H2,16,17,18). The second-order valence-corrected chi connectivity index (χ2v) is 4.79. The van der Waals surface area contributed by atoms with Gasteiger partial charge in [-0.15, -0.1) is 0 Å². The number of methoxy groups -OCH3 is 1. The molecule has 0 aromatic carbocycles. The molecule has 20 heavy (non-hydrogen) atoms. The number of hydrogen-bond acceptors (Lipinski definition) is 3. The van der Waals surface area contributed by atoms with Gasteiger partial charge in [0.2, 0.25) is 0 Å². The third-order valence-corrected chi connectivity index (χ3v) is 3.02. The maximum atomic E-state index is 5.31. The molecular weight excluding hydrogens is 254 g/mol. The van der Waals surface area contributed by atoms with Crippen LogP contribution in [0.1, 0.15) is 32.4 Å². The molecule has 5 nitrogen and oxygen atoms in total. The minimum absolute atomic E-state index is 0.410. The van der Waals surface area contributed by atoms with Gasteiger partial charge >= 0.3 is 0 Å². The van der Waals surface area contributed by atoms with Gasteiger partial charge in [0.1, 0.15) is 5.76 Å². The Morgan fingerprint density at radius 1 is 1.50 bits per heavy atom. The van der Waals surface area contributed by atoms with Crippen LogP contribution in [0.15, 0.2) is 27.8 Å². The molecule has 0 saturated heterocycles. The number of nitrogens with zero attached hydrogens (tertiary/aromatic N) is 1. The molecule has 1 atom stereocenters. The second kappa shape index (κ2) is 10.3. The van der Waals surface area contributed by atoms with Crippen LogP contribution in [0.3, 0.4) is 0 Å². The maximum Gasteiger partial charge on any atom is 0.191 e. The lowest BCUT2D eigenvalue weighted by Crippen LogP contribution is -2.42. The predicted octanol–water partition coefficient (Wildman–Crippen LogP) is 2.19. The first-order valence-electron chi connectivity index (χ1n) is 7.32. The van der Waals surface area contributed by atoms with E-state index in [9.17, 15) is 0 Å². The number of hydrogen-bond donors (Lipinski definition) is 2. The van der Waals surface area contributed by atoms with Crippen molar-refractivity contribution < 1.29 is 9.15 Å². The molecule has 1 aromatic rings. The summed E-state index contributed by atoms with van der Waals surface area (Å²) in [6.45, 7) is 6.62. The highest BCUT2D eigenvalue weighted by Crippen LogP contribution is 1.99. The highest BCUT2D eigenvalue weighted by molar-refractivity contribution is 5.80. The Bertz CT molecular complexity index is 363. The lowest BCUT2D eigenvalue weighted by Gasteiger charge is -2.16. The van der Waals surface area contributed by atoms with Crippen LogP contribution in [0.5, 0.6) is 0 Å². The van der Waals surface area contributed by atoms with Gasteiger partial charge in [0.05, 0.1) is 6.26 Å². The molecule has 114 valence electrons. The molecule has 0 amide bonds. The number of rotatable bonds is 9. The van der Waals surface area contributed by atoms with E-state index < -0.39 is 0 Å². The van der Waals surface area contributed by atoms with Gasteiger partial charge in [-0.3, -0.25) is 4.99 Å². The second-order valence-electron chi connectivity index (χ2n) is 4.79. The van der Waals surface area contributed by atoms with Gasteiger partial charge in [0.15, 0.2) is 5.96 Å². The van der Waals surface area contributed by atoms with Crippen LogP contribution in [0.2, 0.25) is 0 Å². The molecule has 2 N–H and O–H groups in total. The fourth-order valence-corrected chi connectivity index (χ4v) is 1.65. The Kier molecular flexibility index (Phi) is 8.54. The Balaban J connectivity index is 2.35. The first kappa shape index (κ1) is 16.6. The molecule has 1 rings (SSSR count). The fourth-order valence-electron chi connectivity index (χ4n) is 1.65. The molecule has 1 heterocycles. The van der Waals surface area contributed by atoms with Gasteiger partial charge in [0.25, 0.3) is 0 Å². The molecule has 1 aromatic heterocycles. The summed E-state index contributed by atoms with van der Waals surface area (Å²) in [7, 11) is 1.71. The quantitative estimate of drug-likeness (QED) is 0.414. The average Bonchev–Trinajstić information content (AvgIpc) is 2.96. The van der Waals surface area contributed by atoms with Crippen molar-refractivity contribution in [3.63, 3.8) is 0 Å². The number of ether oxygens (including phenoxy) is 1. The third kappa shape index (κ3) is 7.19. The predicted molar refractivity (Wildman–Crippen MR) is 82.1 cm³/mol. The topological polar surface area (TPSA) is 58.8 Å². The minimum atomic E-state index is 0.410. The van der Waals surface area contributed by atoms with Crippen molar-refractivity contribution in [1.29, 1.82) is 0 Å². The molecular formula is C15H27N3O2. The first-order valence-corrected chi connectivity index (χ1v) is 7.32. The van der Waals surface area contributed by atoms with E-state index >= 15 is 0 Å². The molecule has 0 aliphatic carbocycles. The summed E-state index contributed by atoms with van der Waals surface area (Å²) in [5, 5.41) is 6.73. The molecule has 0 spiro atoms. The van der Waals surface area contributed by atoms with Crippen molar-refractivity contribution in [3.05, 3.63) is 24.2 Å². The molecule has 0 saturated carbocycles. The van der Waals surface area contributed by atoms with Crippen molar-refractivity contribution in [3.8, 4) is 0 Å². The zero-order valence-corrected chi connectivity index (χ0v) is 12.8. The lowest BCUT2D eigenvalue weighted by atomic mass is 10.3.